The van der Waals surface area contributed by atoms with Crippen LogP contribution in [0.15, 0.2) is 12.4 Å². The van der Waals surface area contributed by atoms with Crippen molar-refractivity contribution < 1.29 is 9.53 Å². The summed E-state index contributed by atoms with van der Waals surface area (Å²) in [5, 5.41) is 0. The van der Waals surface area contributed by atoms with Crippen molar-refractivity contribution in [2.75, 3.05) is 6.61 Å². The molecule has 1 rings (SSSR count). The van der Waals surface area contributed by atoms with Gasteiger partial charge in [-0.3, -0.25) is 4.79 Å². The summed E-state index contributed by atoms with van der Waals surface area (Å²) in [5.41, 5.74) is -0.182. The Kier molecular flexibility index (Phi) is 4.46. The van der Waals surface area contributed by atoms with Gasteiger partial charge in [0.05, 0.1) is 6.42 Å². The van der Waals surface area contributed by atoms with Crippen molar-refractivity contribution in [1.29, 1.82) is 0 Å². The minimum atomic E-state index is -0.371. The number of rotatable bonds is 5. The lowest BCUT2D eigenvalue weighted by atomic mass is 9.85. The van der Waals surface area contributed by atoms with Gasteiger partial charge in [0.1, 0.15) is 11.9 Å². The molecule has 4 heteroatoms. The Morgan fingerprint density at radius 2 is 2.18 bits per heavy atom. The third kappa shape index (κ3) is 3.66. The van der Waals surface area contributed by atoms with Crippen LogP contribution in [0, 0.1) is 5.41 Å². The fourth-order valence-corrected chi connectivity index (χ4v) is 1.81. The summed E-state index contributed by atoms with van der Waals surface area (Å²) in [5.74, 6) is 0.873. The minimum Gasteiger partial charge on any atom is -0.370 e. The molecule has 0 radical (unpaired) electrons. The highest BCUT2D eigenvalue weighted by Crippen LogP contribution is 2.24. The Bertz CT molecular complexity index is 377. The van der Waals surface area contributed by atoms with Gasteiger partial charge in [-0.15, -0.1) is 0 Å². The number of nitrogens with zero attached hydrogens (tertiary/aromatic N) is 2. The smallest absolute Gasteiger partial charge is 0.169 e. The van der Waals surface area contributed by atoms with Gasteiger partial charge in [-0.1, -0.05) is 20.8 Å². The largest absolute Gasteiger partial charge is 0.370 e. The van der Waals surface area contributed by atoms with Crippen LogP contribution in [0.5, 0.6) is 0 Å². The molecule has 0 bridgehead atoms. The van der Waals surface area contributed by atoms with Crippen LogP contribution >= 0.6 is 0 Å². The van der Waals surface area contributed by atoms with Gasteiger partial charge in [0.15, 0.2) is 5.78 Å². The molecule has 0 saturated carbocycles. The number of ether oxygens (including phenoxy) is 1. The number of aromatic nitrogens is 2. The highest BCUT2D eigenvalue weighted by Gasteiger charge is 2.32. The third-order valence-corrected chi connectivity index (χ3v) is 2.67. The van der Waals surface area contributed by atoms with Crippen LogP contribution in [0.1, 0.15) is 33.5 Å². The minimum absolute atomic E-state index is 0.0913. The number of carbonyl (C=O) groups is 1. The molecule has 0 aliphatic carbocycles. The normalized spacial score (nSPS) is 13.7. The van der Waals surface area contributed by atoms with Crippen LogP contribution in [-0.2, 0) is 23.0 Å². The monoisotopic (exact) mass is 238 g/mol. The number of aryl methyl sites for hydroxylation is 1. The Labute approximate surface area is 103 Å². The first-order chi connectivity index (χ1) is 7.86. The lowest BCUT2D eigenvalue weighted by Crippen LogP contribution is -2.38. The van der Waals surface area contributed by atoms with Crippen LogP contribution < -0.4 is 0 Å². The molecule has 0 aliphatic heterocycles. The molecular weight excluding hydrogens is 216 g/mol. The predicted octanol–water partition coefficient (Wildman–Crippen LogP) is 1.98. The maximum Gasteiger partial charge on any atom is 0.169 e. The summed E-state index contributed by atoms with van der Waals surface area (Å²) in [7, 11) is 1.89. The molecule has 0 aromatic carbocycles. The van der Waals surface area contributed by atoms with E-state index in [1.54, 1.807) is 6.20 Å². The summed E-state index contributed by atoms with van der Waals surface area (Å²) < 4.78 is 7.43. The van der Waals surface area contributed by atoms with Crippen molar-refractivity contribution in [3.63, 3.8) is 0 Å². The van der Waals surface area contributed by atoms with E-state index in [4.69, 9.17) is 4.74 Å². The number of hydrogen-bond acceptors (Lipinski definition) is 3. The molecule has 0 N–H and O–H groups in total. The predicted molar refractivity (Wildman–Crippen MR) is 66.8 cm³/mol. The van der Waals surface area contributed by atoms with E-state index in [2.05, 4.69) is 4.98 Å². The summed E-state index contributed by atoms with van der Waals surface area (Å²) in [6.45, 7) is 8.51. The average Bonchev–Trinajstić information content (AvgIpc) is 2.59. The van der Waals surface area contributed by atoms with Gasteiger partial charge in [-0.25, -0.2) is 4.98 Å². The average molecular weight is 238 g/mol. The second kappa shape index (κ2) is 5.45. The molecule has 0 saturated heterocycles. The number of hydrogen-bond donors (Lipinski definition) is 0. The molecule has 96 valence electrons. The lowest BCUT2D eigenvalue weighted by Gasteiger charge is -2.29. The quantitative estimate of drug-likeness (QED) is 0.788. The highest BCUT2D eigenvalue weighted by atomic mass is 16.5. The Hall–Kier alpha value is -1.16. The number of carbonyl (C=O) groups excluding carboxylic acids is 1. The SMILES string of the molecule is CCOC(C(=O)Cc1nccn1C)C(C)(C)C. The van der Waals surface area contributed by atoms with E-state index in [-0.39, 0.29) is 17.3 Å². The van der Waals surface area contributed by atoms with E-state index < -0.39 is 0 Å². The summed E-state index contributed by atoms with van der Waals surface area (Å²) in [4.78, 5) is 16.4. The van der Waals surface area contributed by atoms with Crippen molar-refractivity contribution >= 4 is 5.78 Å². The molecule has 4 nitrogen and oxygen atoms in total. The van der Waals surface area contributed by atoms with E-state index in [0.29, 0.717) is 13.0 Å². The van der Waals surface area contributed by atoms with E-state index in [9.17, 15) is 4.79 Å². The van der Waals surface area contributed by atoms with Crippen LogP contribution in [0.25, 0.3) is 0 Å². The van der Waals surface area contributed by atoms with Crippen molar-refractivity contribution in [3.8, 4) is 0 Å². The van der Waals surface area contributed by atoms with E-state index >= 15 is 0 Å². The van der Waals surface area contributed by atoms with Gasteiger partial charge < -0.3 is 9.30 Å². The van der Waals surface area contributed by atoms with Crippen molar-refractivity contribution in [2.24, 2.45) is 12.5 Å². The van der Waals surface area contributed by atoms with Crippen LogP contribution in [-0.4, -0.2) is 28.0 Å². The molecule has 0 spiro atoms. The second-order valence-electron chi connectivity index (χ2n) is 5.30. The Balaban J connectivity index is 2.76. The van der Waals surface area contributed by atoms with Gasteiger partial charge >= 0.3 is 0 Å². The number of ketones is 1. The molecule has 1 unspecified atom stereocenters. The maximum atomic E-state index is 12.2. The second-order valence-corrected chi connectivity index (χ2v) is 5.30. The van der Waals surface area contributed by atoms with Gasteiger partial charge in [-0.05, 0) is 12.3 Å². The fourth-order valence-electron chi connectivity index (χ4n) is 1.81. The van der Waals surface area contributed by atoms with Crippen LogP contribution in [0.4, 0.5) is 0 Å². The molecule has 17 heavy (non-hydrogen) atoms. The zero-order valence-corrected chi connectivity index (χ0v) is 11.4. The topological polar surface area (TPSA) is 44.1 Å². The molecule has 0 aliphatic rings. The van der Waals surface area contributed by atoms with E-state index in [1.807, 2.05) is 45.5 Å². The Morgan fingerprint density at radius 3 is 2.59 bits per heavy atom. The van der Waals surface area contributed by atoms with Gasteiger partial charge in [0.25, 0.3) is 0 Å². The number of Topliss-reactive ketones (excluding diaryl/α,β-unsaturated/α-hetero) is 1. The summed E-state index contributed by atoms with van der Waals surface area (Å²) in [6.07, 6.45) is 3.50. The molecule has 1 atom stereocenters. The standard InChI is InChI=1S/C13H22N2O2/c1-6-17-12(13(2,3)4)10(16)9-11-14-7-8-15(11)5/h7-8,12H,6,9H2,1-5H3. The fraction of sp³-hybridized carbons (Fsp3) is 0.692. The maximum absolute atomic E-state index is 12.2. The van der Waals surface area contributed by atoms with Gasteiger partial charge in [0.2, 0.25) is 0 Å². The van der Waals surface area contributed by atoms with Crippen molar-refractivity contribution in [1.82, 2.24) is 9.55 Å². The molecular formula is C13H22N2O2. The summed E-state index contributed by atoms with van der Waals surface area (Å²) >= 11 is 0. The summed E-state index contributed by atoms with van der Waals surface area (Å²) in [6, 6.07) is 0. The molecule has 1 heterocycles. The third-order valence-electron chi connectivity index (χ3n) is 2.67. The van der Waals surface area contributed by atoms with E-state index in [1.165, 1.54) is 0 Å². The first-order valence-electron chi connectivity index (χ1n) is 5.96. The van der Waals surface area contributed by atoms with Crippen LogP contribution in [0.2, 0.25) is 0 Å². The molecule has 0 fully saturated rings. The number of imidazole rings is 1. The van der Waals surface area contributed by atoms with E-state index in [0.717, 1.165) is 5.82 Å². The van der Waals surface area contributed by atoms with Crippen molar-refractivity contribution in [3.05, 3.63) is 18.2 Å². The lowest BCUT2D eigenvalue weighted by molar-refractivity contribution is -0.136. The molecule has 1 aromatic rings. The highest BCUT2D eigenvalue weighted by molar-refractivity contribution is 5.85. The van der Waals surface area contributed by atoms with Crippen LogP contribution in [0.3, 0.4) is 0 Å². The Morgan fingerprint density at radius 1 is 1.53 bits per heavy atom. The molecule has 0 amide bonds. The van der Waals surface area contributed by atoms with Gasteiger partial charge in [-0.2, -0.15) is 0 Å². The first kappa shape index (κ1) is 13.9. The van der Waals surface area contributed by atoms with Crippen molar-refractivity contribution in [2.45, 2.75) is 40.2 Å². The molecule has 1 aromatic heterocycles. The van der Waals surface area contributed by atoms with Gasteiger partial charge in [0, 0.05) is 26.0 Å². The first-order valence-corrected chi connectivity index (χ1v) is 5.96. The zero-order valence-electron chi connectivity index (χ0n) is 11.4. The zero-order chi connectivity index (χ0) is 13.1.